The van der Waals surface area contributed by atoms with Crippen LogP contribution >= 0.6 is 23.1 Å². The molecule has 230 valence electrons. The van der Waals surface area contributed by atoms with Gasteiger partial charge in [-0.3, -0.25) is 28.9 Å². The van der Waals surface area contributed by atoms with Crippen molar-refractivity contribution in [3.05, 3.63) is 111 Å². The number of carbonyl (C=O) groups excluding carboxylic acids is 6. The van der Waals surface area contributed by atoms with Crippen LogP contribution in [0.25, 0.3) is 6.08 Å². The minimum Gasteiger partial charge on any atom is -0.543 e. The van der Waals surface area contributed by atoms with Gasteiger partial charge in [-0.2, -0.15) is 0 Å². The molecule has 2 N–H and O–H groups in total. The van der Waals surface area contributed by atoms with Gasteiger partial charge in [0, 0.05) is 34.3 Å². The Morgan fingerprint density at radius 2 is 1.72 bits per heavy atom. The third-order valence-corrected chi connectivity index (χ3v) is 9.21. The first-order valence-electron chi connectivity index (χ1n) is 13.7. The number of ketones is 1. The van der Waals surface area contributed by atoms with Crippen LogP contribution in [0.5, 0.6) is 0 Å². The van der Waals surface area contributed by atoms with E-state index in [2.05, 4.69) is 10.6 Å². The molecule has 11 nitrogen and oxygen atoms in total. The predicted molar refractivity (Wildman–Crippen MR) is 164 cm³/mol. The summed E-state index contributed by atoms with van der Waals surface area (Å²) < 4.78 is 4.92. The van der Waals surface area contributed by atoms with Crippen molar-refractivity contribution in [3.63, 3.8) is 0 Å². The molecule has 1 fully saturated rings. The number of hydrogen-bond acceptors (Lipinski definition) is 10. The van der Waals surface area contributed by atoms with E-state index in [0.717, 1.165) is 9.78 Å². The van der Waals surface area contributed by atoms with Gasteiger partial charge in [0.05, 0.1) is 11.7 Å². The average Bonchev–Trinajstić information content (AvgIpc) is 3.57. The molecule has 5 rings (SSSR count). The summed E-state index contributed by atoms with van der Waals surface area (Å²) in [6, 6.07) is 15.9. The van der Waals surface area contributed by atoms with Gasteiger partial charge in [0.1, 0.15) is 24.1 Å². The Labute approximate surface area is 294 Å². The van der Waals surface area contributed by atoms with Crippen LogP contribution in [0.2, 0.25) is 0 Å². The largest absolute Gasteiger partial charge is 1.00 e. The van der Waals surface area contributed by atoms with E-state index in [1.807, 2.05) is 17.5 Å². The van der Waals surface area contributed by atoms with E-state index in [9.17, 15) is 33.9 Å². The van der Waals surface area contributed by atoms with Crippen LogP contribution in [0.15, 0.2) is 89.5 Å². The van der Waals surface area contributed by atoms with Crippen LogP contribution < -0.4 is 45.3 Å². The second-order valence-electron chi connectivity index (χ2n) is 10.0. The maximum absolute atomic E-state index is 13.5. The summed E-state index contributed by atoms with van der Waals surface area (Å²) in [5.74, 6) is -4.23. The number of amides is 3. The zero-order valence-electron chi connectivity index (χ0n) is 24.8. The summed E-state index contributed by atoms with van der Waals surface area (Å²) in [6.07, 6.45) is 3.17. The number of β-lactam (4-membered cyclic amide) rings is 1. The molecule has 3 atom stereocenters. The molecule has 0 aliphatic carbocycles. The number of carbonyl (C=O) groups is 6. The molecule has 3 amide bonds. The number of thioether (sulfide) groups is 1. The number of carboxylic acid groups (broad SMARTS) is 1. The minimum absolute atomic E-state index is 0. The number of thiophene rings is 1. The third-order valence-electron chi connectivity index (χ3n) is 7.03. The normalized spacial score (nSPS) is 17.7. The molecule has 0 bridgehead atoms. The van der Waals surface area contributed by atoms with Gasteiger partial charge >= 0.3 is 35.5 Å². The molecule has 0 spiro atoms. The first kappa shape index (κ1) is 34.9. The number of esters is 1. The van der Waals surface area contributed by atoms with E-state index in [1.165, 1.54) is 60.4 Å². The molecule has 1 aromatic heterocycles. The number of nitrogens with zero attached hydrogens (tertiary/aromatic N) is 1. The molecule has 46 heavy (non-hydrogen) atoms. The Balaban J connectivity index is 0.00000480. The quantitative estimate of drug-likeness (QED) is 0.0867. The van der Waals surface area contributed by atoms with Crippen LogP contribution in [0, 0.1) is 0 Å². The molecule has 0 saturated carbocycles. The second kappa shape index (κ2) is 15.5. The molecule has 3 aromatic rings. The fraction of sp³-hybridized carbons (Fsp3) is 0.188. The Hall–Kier alpha value is -4.01. The maximum atomic E-state index is 13.5. The van der Waals surface area contributed by atoms with Crippen LogP contribution in [0.3, 0.4) is 0 Å². The zero-order chi connectivity index (χ0) is 32.1. The predicted octanol–water partition coefficient (Wildman–Crippen LogP) is -0.914. The Morgan fingerprint density at radius 3 is 2.35 bits per heavy atom. The van der Waals surface area contributed by atoms with Crippen LogP contribution in [-0.4, -0.2) is 64.1 Å². The number of nitrogens with one attached hydrogen (secondary N) is 2. The standard InChI is InChI=1S/C32H27N3O8S2.Na/c1-18(36)43-16-22-17-45-31-26(30(40)35(31)27(22)32(41)42)34-29(39)25(20-6-3-2-4-7-20)33-28(38)21-11-9-19(10-12-21)24(37)14-13-23-8-5-15-44-23;/h2-15,25-26,31H,16-17H2,1H3,(H,33,38)(H,34,39)(H,41,42);/q;+1/p-1/t25?,26-,31-;/m1./s1. The number of aliphatic carboxylic acids is 1. The Bertz CT molecular complexity index is 1710. The van der Waals surface area contributed by atoms with Crippen LogP contribution in [-0.2, 0) is 23.9 Å². The van der Waals surface area contributed by atoms with Gasteiger partial charge in [-0.05, 0) is 41.3 Å². The van der Waals surface area contributed by atoms with Gasteiger partial charge in [0.2, 0.25) is 5.91 Å². The van der Waals surface area contributed by atoms with E-state index >= 15 is 0 Å². The fourth-order valence-corrected chi connectivity index (χ4v) is 6.74. The number of fused-ring (bicyclic) bond motifs is 1. The van der Waals surface area contributed by atoms with E-state index in [0.29, 0.717) is 11.1 Å². The maximum Gasteiger partial charge on any atom is 1.00 e. The molecule has 0 radical (unpaired) electrons. The van der Waals surface area contributed by atoms with Crippen LogP contribution in [0.4, 0.5) is 0 Å². The van der Waals surface area contributed by atoms with Crippen LogP contribution in [0.1, 0.15) is 44.1 Å². The van der Waals surface area contributed by atoms with Crippen molar-refractivity contribution in [2.75, 3.05) is 12.4 Å². The van der Waals surface area contributed by atoms with Crippen molar-refractivity contribution in [2.24, 2.45) is 0 Å². The van der Waals surface area contributed by atoms with Gasteiger partial charge in [-0.15, -0.1) is 23.1 Å². The summed E-state index contributed by atoms with van der Waals surface area (Å²) >= 11 is 2.70. The molecule has 2 aromatic carbocycles. The SMILES string of the molecule is CC(=O)OCC1=C(C(=O)[O-])N2C(=O)[C@@H](NC(=O)C(NC(=O)c3ccc(C(=O)C=Cc4cccs4)cc3)c3ccccc3)[C@H]2SC1.[Na+]. The number of ether oxygens (including phenoxy) is 1. The molecule has 3 heterocycles. The number of hydrogen-bond donors (Lipinski definition) is 2. The van der Waals surface area contributed by atoms with Crippen molar-refractivity contribution < 1.29 is 68.2 Å². The van der Waals surface area contributed by atoms with E-state index in [1.54, 1.807) is 36.4 Å². The monoisotopic (exact) mass is 667 g/mol. The van der Waals surface area contributed by atoms with Gasteiger partial charge < -0.3 is 25.3 Å². The number of carboxylic acids is 1. The van der Waals surface area contributed by atoms with E-state index < -0.39 is 47.1 Å². The van der Waals surface area contributed by atoms with Gasteiger partial charge in [0.15, 0.2) is 5.78 Å². The first-order valence-corrected chi connectivity index (χ1v) is 15.6. The van der Waals surface area contributed by atoms with Crippen molar-refractivity contribution in [3.8, 4) is 0 Å². The summed E-state index contributed by atoms with van der Waals surface area (Å²) in [6.45, 7) is 0.880. The number of benzene rings is 2. The zero-order valence-corrected chi connectivity index (χ0v) is 28.4. The second-order valence-corrected chi connectivity index (χ2v) is 12.1. The summed E-state index contributed by atoms with van der Waals surface area (Å²) in [4.78, 5) is 77.5. The summed E-state index contributed by atoms with van der Waals surface area (Å²) in [7, 11) is 0. The molecular formula is C32H26N3NaO8S2. The third kappa shape index (κ3) is 7.85. The molecule has 1 saturated heterocycles. The topological polar surface area (TPSA) is 162 Å². The van der Waals surface area contributed by atoms with Crippen molar-refractivity contribution >= 4 is 64.6 Å². The van der Waals surface area contributed by atoms with Crippen molar-refractivity contribution in [1.29, 1.82) is 0 Å². The first-order chi connectivity index (χ1) is 21.6. The molecule has 1 unspecified atom stereocenters. The van der Waals surface area contributed by atoms with Crippen molar-refractivity contribution in [1.82, 2.24) is 15.5 Å². The van der Waals surface area contributed by atoms with Crippen molar-refractivity contribution in [2.45, 2.75) is 24.4 Å². The van der Waals surface area contributed by atoms with Gasteiger partial charge in [0.25, 0.3) is 11.8 Å². The fourth-order valence-electron chi connectivity index (χ4n) is 4.79. The average molecular weight is 668 g/mol. The summed E-state index contributed by atoms with van der Waals surface area (Å²) in [5.41, 5.74) is 0.876. The van der Waals surface area contributed by atoms with Gasteiger partial charge in [-0.25, -0.2) is 0 Å². The summed E-state index contributed by atoms with van der Waals surface area (Å²) in [5, 5.41) is 18.4. The molecule has 14 heteroatoms. The minimum atomic E-state index is -1.60. The van der Waals surface area contributed by atoms with Gasteiger partial charge in [-0.1, -0.05) is 48.5 Å². The number of allylic oxidation sites excluding steroid dienone is 1. The molecule has 2 aliphatic rings. The molecular weight excluding hydrogens is 641 g/mol. The van der Waals surface area contributed by atoms with E-state index in [4.69, 9.17) is 4.74 Å². The number of rotatable bonds is 11. The smallest absolute Gasteiger partial charge is 0.543 e. The van der Waals surface area contributed by atoms with E-state index in [-0.39, 0.29) is 64.5 Å². The Kier molecular flexibility index (Phi) is 11.8. The Morgan fingerprint density at radius 1 is 1.02 bits per heavy atom. The molecule has 2 aliphatic heterocycles.